The number of carbonyl (C=O) groups is 11. The van der Waals surface area contributed by atoms with Crippen LogP contribution in [0, 0.1) is 5.92 Å². The molecule has 2 aliphatic rings. The van der Waals surface area contributed by atoms with Gasteiger partial charge in [-0.25, -0.2) is 4.79 Å². The maximum absolute atomic E-state index is 14.6. The third kappa shape index (κ3) is 25.0. The minimum absolute atomic E-state index is 0.0144. The molecule has 1 aromatic rings. The van der Waals surface area contributed by atoms with Crippen molar-refractivity contribution in [2.75, 3.05) is 37.7 Å². The van der Waals surface area contributed by atoms with E-state index in [0.29, 0.717) is 18.4 Å². The summed E-state index contributed by atoms with van der Waals surface area (Å²) in [6.45, 7) is 3.14. The maximum atomic E-state index is 14.6. The zero-order valence-electron chi connectivity index (χ0n) is 44.0. The van der Waals surface area contributed by atoms with Gasteiger partial charge in [0.2, 0.25) is 59.1 Å². The van der Waals surface area contributed by atoms with E-state index in [-0.39, 0.29) is 81.6 Å². The second-order valence-corrected chi connectivity index (χ2v) is 20.8. The highest BCUT2D eigenvalue weighted by Crippen LogP contribution is 2.26. The largest absolute Gasteiger partial charge is 0.490 e. The van der Waals surface area contributed by atoms with Crippen molar-refractivity contribution in [3.63, 3.8) is 0 Å². The third-order valence-corrected chi connectivity index (χ3v) is 14.4. The van der Waals surface area contributed by atoms with Crippen LogP contribution in [-0.2, 0) is 59.2 Å². The number of guanidine groups is 2. The second kappa shape index (κ2) is 34.4. The Labute approximate surface area is 466 Å². The van der Waals surface area contributed by atoms with Crippen LogP contribution >= 0.6 is 21.6 Å². The summed E-state index contributed by atoms with van der Waals surface area (Å²) in [5, 5.41) is 25.3. The van der Waals surface area contributed by atoms with Crippen molar-refractivity contribution in [1.82, 2.24) is 42.1 Å². The molecule has 0 saturated carbocycles. The Kier molecular flexibility index (Phi) is 29.5. The summed E-state index contributed by atoms with van der Waals surface area (Å²) in [5.41, 5.74) is 39.7. The Morgan fingerprint density at radius 1 is 0.775 bits per heavy atom. The topological polar surface area (TPSA) is 502 Å². The van der Waals surface area contributed by atoms with Crippen LogP contribution in [0.2, 0.25) is 0 Å². The van der Waals surface area contributed by atoms with Crippen LogP contribution < -0.4 is 77.4 Å². The molecule has 3 rings (SSSR count). The number of nitrogens with zero attached hydrogens (tertiary/aromatic N) is 3. The van der Waals surface area contributed by atoms with E-state index in [1.165, 1.54) is 4.90 Å². The number of halogens is 3. The van der Waals surface area contributed by atoms with E-state index in [2.05, 4.69) is 47.2 Å². The predicted molar refractivity (Wildman–Crippen MR) is 288 cm³/mol. The molecule has 34 heteroatoms. The highest BCUT2D eigenvalue weighted by molar-refractivity contribution is 8.76. The SMILES string of the molecule is CCC(C)C1NC(=O)C(Cc2ccccc2)NC(=O)C(N)CSSCC(C(=O)N2CCCC2C(=O)NC(CCCN=C(N)N)C(=O)NCC(N)=O)NC(=O)C(CC(N)=O)NC(=O)C(CCCN=C(N)N)NC1=O.O=C(O)C(F)(F)F. The van der Waals surface area contributed by atoms with E-state index in [9.17, 15) is 61.1 Å². The van der Waals surface area contributed by atoms with Gasteiger partial charge in [-0.3, -0.25) is 57.9 Å². The number of benzene rings is 1. The highest BCUT2D eigenvalue weighted by Gasteiger charge is 2.41. The maximum Gasteiger partial charge on any atom is 0.490 e. The van der Waals surface area contributed by atoms with E-state index in [4.69, 9.17) is 50.0 Å². The average molecular weight is 1180 g/mol. The number of amides is 10. The monoisotopic (exact) mass is 1180 g/mol. The number of aliphatic imine (C=N–C) groups is 2. The first-order valence-corrected chi connectivity index (χ1v) is 27.5. The molecule has 9 atom stereocenters. The number of nitrogens with two attached hydrogens (primary N) is 7. The fourth-order valence-electron chi connectivity index (χ4n) is 7.61. The number of hydrogen-bond acceptors (Lipinski definition) is 16. The number of nitrogens with one attached hydrogen (secondary N) is 7. The van der Waals surface area contributed by atoms with Gasteiger partial charge in [0.1, 0.15) is 42.3 Å². The van der Waals surface area contributed by atoms with Crippen molar-refractivity contribution in [2.45, 2.75) is 126 Å². The van der Waals surface area contributed by atoms with Gasteiger partial charge in [0, 0.05) is 37.6 Å². The molecule has 2 heterocycles. The molecule has 9 unspecified atom stereocenters. The van der Waals surface area contributed by atoms with Crippen molar-refractivity contribution in [3.8, 4) is 0 Å². The number of primary amides is 2. The molecular formula is C46H72F3N17O12S2. The van der Waals surface area contributed by atoms with Crippen molar-refractivity contribution < 1.29 is 71.0 Å². The minimum atomic E-state index is -5.08. The molecule has 29 nitrogen and oxygen atoms in total. The average Bonchev–Trinajstić information content (AvgIpc) is 3.89. The summed E-state index contributed by atoms with van der Waals surface area (Å²) < 4.78 is 31.7. The third-order valence-electron chi connectivity index (χ3n) is 11.9. The number of carbonyl (C=O) groups excluding carboxylic acids is 10. The molecular weight excluding hydrogens is 1100 g/mol. The van der Waals surface area contributed by atoms with Gasteiger partial charge in [-0.05, 0) is 50.0 Å². The Hall–Kier alpha value is -7.62. The zero-order chi connectivity index (χ0) is 60.3. The lowest BCUT2D eigenvalue weighted by molar-refractivity contribution is -0.192. The molecule has 0 spiro atoms. The molecule has 80 heavy (non-hydrogen) atoms. The van der Waals surface area contributed by atoms with Crippen LogP contribution in [0.15, 0.2) is 40.3 Å². The molecule has 0 aromatic heterocycles. The van der Waals surface area contributed by atoms with E-state index in [1.54, 1.807) is 44.2 Å². The molecule has 0 bridgehead atoms. The molecule has 2 saturated heterocycles. The van der Waals surface area contributed by atoms with Crippen LogP contribution in [0.3, 0.4) is 0 Å². The summed E-state index contributed by atoms with van der Waals surface area (Å²) in [5.74, 6) is -12.2. The lowest BCUT2D eigenvalue weighted by atomic mass is 9.96. The van der Waals surface area contributed by atoms with E-state index >= 15 is 0 Å². The summed E-state index contributed by atoms with van der Waals surface area (Å²) in [4.78, 5) is 154. The molecule has 1 aromatic carbocycles. The Bertz CT molecular complexity index is 2390. The quantitative estimate of drug-likeness (QED) is 0.0252. The molecule has 22 N–H and O–H groups in total. The normalized spacial score (nSPS) is 22.3. The van der Waals surface area contributed by atoms with Crippen LogP contribution in [-0.4, -0.2) is 179 Å². The van der Waals surface area contributed by atoms with Gasteiger partial charge in [-0.1, -0.05) is 72.2 Å². The first-order valence-electron chi connectivity index (χ1n) is 25.0. The summed E-state index contributed by atoms with van der Waals surface area (Å²) in [6.07, 6.45) is -4.70. The summed E-state index contributed by atoms with van der Waals surface area (Å²) in [6, 6.07) is -1.81. The van der Waals surface area contributed by atoms with Gasteiger partial charge in [0.05, 0.1) is 19.0 Å². The van der Waals surface area contributed by atoms with Gasteiger partial charge in [-0.2, -0.15) is 13.2 Å². The Morgan fingerprint density at radius 3 is 1.91 bits per heavy atom. The number of aliphatic carboxylic acids is 1. The number of alkyl halides is 3. The van der Waals surface area contributed by atoms with Gasteiger partial charge in [0.25, 0.3) is 0 Å². The van der Waals surface area contributed by atoms with Crippen molar-refractivity contribution in [2.24, 2.45) is 56.0 Å². The zero-order valence-corrected chi connectivity index (χ0v) is 45.6. The highest BCUT2D eigenvalue weighted by atomic mass is 33.1. The van der Waals surface area contributed by atoms with Gasteiger partial charge < -0.3 is 87.4 Å². The van der Waals surface area contributed by atoms with E-state index in [0.717, 1.165) is 21.6 Å². The van der Waals surface area contributed by atoms with Gasteiger partial charge >= 0.3 is 12.1 Å². The van der Waals surface area contributed by atoms with Crippen molar-refractivity contribution >= 4 is 98.5 Å². The number of likely N-dealkylation sites (tertiary alicyclic amines) is 1. The Balaban J connectivity index is 0.00000292. The smallest absolute Gasteiger partial charge is 0.475 e. The molecule has 446 valence electrons. The van der Waals surface area contributed by atoms with Crippen LogP contribution in [0.4, 0.5) is 13.2 Å². The second-order valence-electron chi connectivity index (χ2n) is 18.3. The number of carboxylic acids is 1. The standard InChI is InChI=1S/C44H71N17O10S2.C2HF3O2/c1-3-23(2)34-41(70)56-27(13-8-16-53-44(50)51)37(66)58-29(19-32(46)62)38(67)59-30(22-73-72-21-25(45)35(64)57-28(39(68)60-34)18-24-10-5-4-6-11-24)42(71)61-17-9-14-31(61)40(69)55-26(12-7-15-52-43(48)49)36(65)54-20-33(47)63;3-2(4,5)1(6)7/h4-6,10-11,23,25-31,34H,3,7-9,12-22,45H2,1-2H3,(H2,46,62)(H2,47,63)(H,54,65)(H,55,69)(H,56,70)(H,57,64)(H,58,66)(H,59,67)(H,60,68)(H4,48,49,52)(H4,50,51,53);(H,6,7). The first kappa shape index (κ1) is 68.5. The predicted octanol–water partition coefficient (Wildman–Crippen LogP) is -4.89. The minimum Gasteiger partial charge on any atom is -0.475 e. The van der Waals surface area contributed by atoms with E-state index in [1.807, 2.05) is 0 Å². The fraction of sp³-hybridized carbons (Fsp3) is 0.587. The van der Waals surface area contributed by atoms with Crippen LogP contribution in [0.25, 0.3) is 0 Å². The first-order chi connectivity index (χ1) is 37.5. The Morgan fingerprint density at radius 2 is 1.34 bits per heavy atom. The van der Waals surface area contributed by atoms with Gasteiger partial charge in [0.15, 0.2) is 11.9 Å². The van der Waals surface area contributed by atoms with Crippen molar-refractivity contribution in [3.05, 3.63) is 35.9 Å². The molecule has 2 aliphatic heterocycles. The van der Waals surface area contributed by atoms with E-state index < -0.39 is 138 Å². The van der Waals surface area contributed by atoms with Crippen LogP contribution in [0.1, 0.15) is 70.8 Å². The fourth-order valence-corrected chi connectivity index (χ4v) is 9.89. The molecule has 0 radical (unpaired) electrons. The van der Waals surface area contributed by atoms with Crippen molar-refractivity contribution in [1.29, 1.82) is 0 Å². The number of hydrogen-bond donors (Lipinski definition) is 15. The van der Waals surface area contributed by atoms with Crippen LogP contribution in [0.5, 0.6) is 0 Å². The lowest BCUT2D eigenvalue weighted by Gasteiger charge is -2.31. The molecule has 10 amide bonds. The molecule has 2 fully saturated rings. The number of rotatable bonds is 20. The number of carboxylic acid groups (broad SMARTS) is 1. The summed E-state index contributed by atoms with van der Waals surface area (Å²) >= 11 is 0. The summed E-state index contributed by atoms with van der Waals surface area (Å²) in [7, 11) is 2.09. The van der Waals surface area contributed by atoms with Gasteiger partial charge in [-0.15, -0.1) is 0 Å². The lowest BCUT2D eigenvalue weighted by Crippen LogP contribution is -2.61. The molecule has 0 aliphatic carbocycles.